The second kappa shape index (κ2) is 11.4. The molecule has 0 heterocycles. The topological polar surface area (TPSA) is 58.6 Å². The number of carbonyl (C=O) groups excluding carboxylic acids is 2. The van der Waals surface area contributed by atoms with Crippen molar-refractivity contribution >= 4 is 27.7 Å². The summed E-state index contributed by atoms with van der Waals surface area (Å²) in [5.74, 6) is -1.26. The fourth-order valence-electron chi connectivity index (χ4n) is 3.29. The van der Waals surface area contributed by atoms with Gasteiger partial charge in [-0.25, -0.2) is 4.39 Å². The Morgan fingerprint density at radius 1 is 0.969 bits per heavy atom. The third kappa shape index (κ3) is 6.40. The highest BCUT2D eigenvalue weighted by Crippen LogP contribution is 2.19. The van der Waals surface area contributed by atoms with E-state index in [1.165, 1.54) is 17.0 Å². The minimum Gasteiger partial charge on any atom is -0.481 e. The van der Waals surface area contributed by atoms with Crippen molar-refractivity contribution in [1.29, 1.82) is 0 Å². The van der Waals surface area contributed by atoms with Crippen molar-refractivity contribution in [2.45, 2.75) is 19.0 Å². The molecule has 0 aliphatic rings. The van der Waals surface area contributed by atoms with Crippen LogP contribution in [-0.4, -0.2) is 36.4 Å². The normalized spacial score (nSPS) is 11.5. The maximum Gasteiger partial charge on any atom is 0.261 e. The van der Waals surface area contributed by atoms with Crippen molar-refractivity contribution in [1.82, 2.24) is 10.2 Å². The number of nitrogens with one attached hydrogen (secondary N) is 1. The summed E-state index contributed by atoms with van der Waals surface area (Å²) in [5, 5.41) is 2.66. The smallest absolute Gasteiger partial charge is 0.261 e. The highest BCUT2D eigenvalue weighted by molar-refractivity contribution is 9.10. The van der Waals surface area contributed by atoms with Gasteiger partial charge in [-0.2, -0.15) is 0 Å². The zero-order valence-corrected chi connectivity index (χ0v) is 19.2. The number of carbonyl (C=O) groups is 2. The molecule has 1 atom stereocenters. The van der Waals surface area contributed by atoms with E-state index in [-0.39, 0.29) is 24.8 Å². The second-order valence-corrected chi connectivity index (χ2v) is 8.10. The second-order valence-electron chi connectivity index (χ2n) is 7.19. The molecule has 0 unspecified atom stereocenters. The zero-order chi connectivity index (χ0) is 22.9. The van der Waals surface area contributed by atoms with Gasteiger partial charge in [-0.05, 0) is 35.4 Å². The average Bonchev–Trinajstić information content (AvgIpc) is 2.82. The molecule has 0 radical (unpaired) electrons. The summed E-state index contributed by atoms with van der Waals surface area (Å²) in [6.07, 6.45) is 0.336. The van der Waals surface area contributed by atoms with Crippen molar-refractivity contribution in [3.05, 3.63) is 100 Å². The van der Waals surface area contributed by atoms with Crippen molar-refractivity contribution in [2.75, 3.05) is 13.7 Å². The van der Waals surface area contributed by atoms with Crippen LogP contribution in [0.2, 0.25) is 0 Å². The third-order valence-corrected chi connectivity index (χ3v) is 5.50. The Morgan fingerprint density at radius 2 is 1.62 bits per heavy atom. The minimum atomic E-state index is -0.761. The summed E-state index contributed by atoms with van der Waals surface area (Å²) in [4.78, 5) is 27.5. The Kier molecular flexibility index (Phi) is 8.39. The molecule has 2 amide bonds. The van der Waals surface area contributed by atoms with E-state index in [0.29, 0.717) is 6.42 Å². The van der Waals surface area contributed by atoms with Gasteiger partial charge in [0.25, 0.3) is 5.91 Å². The van der Waals surface area contributed by atoms with E-state index < -0.39 is 17.8 Å². The first-order chi connectivity index (χ1) is 15.5. The van der Waals surface area contributed by atoms with Gasteiger partial charge >= 0.3 is 0 Å². The monoisotopic (exact) mass is 498 g/mol. The van der Waals surface area contributed by atoms with Crippen LogP contribution in [-0.2, 0) is 22.6 Å². The predicted octanol–water partition coefficient (Wildman–Crippen LogP) is 4.35. The number of rotatable bonds is 9. The molecule has 1 N–H and O–H groups in total. The number of benzene rings is 3. The van der Waals surface area contributed by atoms with Gasteiger partial charge < -0.3 is 15.0 Å². The standard InChI is InChI=1S/C25H24BrFN2O3/c1-28-25(31)22(15-18-7-3-2-4-8-18)29(16-19-11-13-20(26)14-12-19)24(30)17-32-23-10-6-5-9-21(23)27/h2-14,22H,15-17H2,1H3,(H,28,31)/t22-/m1/s1. The van der Waals surface area contributed by atoms with Crippen LogP contribution in [0.15, 0.2) is 83.3 Å². The lowest BCUT2D eigenvalue weighted by Crippen LogP contribution is -2.51. The summed E-state index contributed by atoms with van der Waals surface area (Å²) in [5.41, 5.74) is 1.78. The van der Waals surface area contributed by atoms with Gasteiger partial charge in [0.05, 0.1) is 0 Å². The number of hydrogen-bond acceptors (Lipinski definition) is 3. The highest BCUT2D eigenvalue weighted by Gasteiger charge is 2.30. The van der Waals surface area contributed by atoms with E-state index in [1.807, 2.05) is 54.6 Å². The molecule has 32 heavy (non-hydrogen) atoms. The number of hydrogen-bond donors (Lipinski definition) is 1. The van der Waals surface area contributed by atoms with Gasteiger partial charge in [0.15, 0.2) is 18.2 Å². The molecule has 7 heteroatoms. The molecular weight excluding hydrogens is 475 g/mol. The summed E-state index contributed by atoms with van der Waals surface area (Å²) in [6, 6.07) is 22.1. The van der Waals surface area contributed by atoms with E-state index in [9.17, 15) is 14.0 Å². The number of ether oxygens (including phenoxy) is 1. The van der Waals surface area contributed by atoms with Gasteiger partial charge in [-0.1, -0.05) is 70.5 Å². The third-order valence-electron chi connectivity index (χ3n) is 4.97. The number of nitrogens with zero attached hydrogens (tertiary/aromatic N) is 1. The summed E-state index contributed by atoms with van der Waals surface area (Å²) >= 11 is 3.41. The van der Waals surface area contributed by atoms with Crippen LogP contribution in [0.1, 0.15) is 11.1 Å². The van der Waals surface area contributed by atoms with Crippen LogP contribution in [0.25, 0.3) is 0 Å². The lowest BCUT2D eigenvalue weighted by Gasteiger charge is -2.31. The molecule has 0 aliphatic heterocycles. The van der Waals surface area contributed by atoms with Crippen LogP contribution in [0.3, 0.4) is 0 Å². The Balaban J connectivity index is 1.87. The molecule has 0 aromatic heterocycles. The lowest BCUT2D eigenvalue weighted by atomic mass is 10.0. The lowest BCUT2D eigenvalue weighted by molar-refractivity contribution is -0.142. The minimum absolute atomic E-state index is 0.0102. The molecule has 3 aromatic carbocycles. The van der Waals surface area contributed by atoms with Crippen molar-refractivity contribution in [2.24, 2.45) is 0 Å². The van der Waals surface area contributed by atoms with E-state index >= 15 is 0 Å². The van der Waals surface area contributed by atoms with Crippen molar-refractivity contribution in [3.63, 3.8) is 0 Å². The molecule has 0 saturated carbocycles. The Morgan fingerprint density at radius 3 is 2.28 bits per heavy atom. The molecule has 0 bridgehead atoms. The molecular formula is C25H24BrFN2O3. The van der Waals surface area contributed by atoms with Crippen LogP contribution >= 0.6 is 15.9 Å². The average molecular weight is 499 g/mol. The maximum atomic E-state index is 13.9. The molecule has 3 aromatic rings. The fourth-order valence-corrected chi connectivity index (χ4v) is 3.56. The molecule has 5 nitrogen and oxygen atoms in total. The summed E-state index contributed by atoms with van der Waals surface area (Å²) in [7, 11) is 1.54. The molecule has 0 spiro atoms. The summed E-state index contributed by atoms with van der Waals surface area (Å²) in [6.45, 7) is -0.183. The van der Waals surface area contributed by atoms with Gasteiger partial charge in [0.2, 0.25) is 5.91 Å². The fraction of sp³-hybridized carbons (Fsp3) is 0.200. The number of para-hydroxylation sites is 1. The predicted molar refractivity (Wildman–Crippen MR) is 125 cm³/mol. The molecule has 3 rings (SSSR count). The Hall–Kier alpha value is -3.19. The Bertz CT molecular complexity index is 1040. The first-order valence-electron chi connectivity index (χ1n) is 10.1. The molecule has 0 fully saturated rings. The highest BCUT2D eigenvalue weighted by atomic mass is 79.9. The molecule has 166 valence electrons. The van der Waals surface area contributed by atoms with Crippen molar-refractivity contribution < 1.29 is 18.7 Å². The van der Waals surface area contributed by atoms with Gasteiger partial charge in [0.1, 0.15) is 6.04 Å². The van der Waals surface area contributed by atoms with Crippen LogP contribution in [0.4, 0.5) is 4.39 Å². The first kappa shape index (κ1) is 23.5. The van der Waals surface area contributed by atoms with E-state index in [4.69, 9.17) is 4.74 Å². The van der Waals surface area contributed by atoms with Crippen LogP contribution in [0.5, 0.6) is 5.75 Å². The number of amides is 2. The summed E-state index contributed by atoms with van der Waals surface area (Å²) < 4.78 is 20.3. The molecule has 0 saturated heterocycles. The molecule has 0 aliphatic carbocycles. The van der Waals surface area contributed by atoms with Gasteiger partial charge in [-0.15, -0.1) is 0 Å². The SMILES string of the molecule is CNC(=O)[C@@H](Cc1ccccc1)N(Cc1ccc(Br)cc1)C(=O)COc1ccccc1F. The van der Waals surface area contributed by atoms with Crippen molar-refractivity contribution in [3.8, 4) is 5.75 Å². The quantitative estimate of drug-likeness (QED) is 0.476. The van der Waals surface area contributed by atoms with E-state index in [1.54, 1.807) is 19.2 Å². The largest absolute Gasteiger partial charge is 0.481 e. The van der Waals surface area contributed by atoms with Gasteiger partial charge in [-0.3, -0.25) is 9.59 Å². The van der Waals surface area contributed by atoms with E-state index in [2.05, 4.69) is 21.2 Å². The zero-order valence-electron chi connectivity index (χ0n) is 17.6. The van der Waals surface area contributed by atoms with Crippen LogP contribution < -0.4 is 10.1 Å². The Labute approximate surface area is 195 Å². The van der Waals surface area contributed by atoms with Crippen LogP contribution in [0, 0.1) is 5.82 Å². The number of likely N-dealkylation sites (N-methyl/N-ethyl adjacent to an activating group) is 1. The van der Waals surface area contributed by atoms with Gasteiger partial charge in [0, 0.05) is 24.5 Å². The maximum absolute atomic E-state index is 13.9. The van der Waals surface area contributed by atoms with E-state index in [0.717, 1.165) is 15.6 Å². The number of halogens is 2. The first-order valence-corrected chi connectivity index (χ1v) is 10.9.